The number of ether oxygens (including phenoxy) is 3. The number of nitrogens with one attached hydrogen (secondary N) is 1. The van der Waals surface area contributed by atoms with Crippen LogP contribution in [0, 0.1) is 10.1 Å². The summed E-state index contributed by atoms with van der Waals surface area (Å²) in [4.78, 5) is 35.5. The molecule has 0 radical (unpaired) electrons. The number of hydrogen-bond donors (Lipinski definition) is 1. The van der Waals surface area contributed by atoms with Crippen LogP contribution in [0.3, 0.4) is 0 Å². The Kier molecular flexibility index (Phi) is 6.88. The molecule has 2 aromatic rings. The summed E-state index contributed by atoms with van der Waals surface area (Å²) in [6.45, 7) is 3.21. The van der Waals surface area contributed by atoms with Crippen molar-refractivity contribution >= 4 is 40.6 Å². The Hall–Kier alpha value is -3.33. The van der Waals surface area contributed by atoms with Gasteiger partial charge in [-0.25, -0.2) is 4.79 Å². The number of rotatable bonds is 7. The molecule has 9 nitrogen and oxygen atoms in total. The van der Waals surface area contributed by atoms with E-state index in [4.69, 9.17) is 25.8 Å². The lowest BCUT2D eigenvalue weighted by Crippen LogP contribution is -2.30. The summed E-state index contributed by atoms with van der Waals surface area (Å²) in [6, 6.07) is 6.98. The maximum Gasteiger partial charge on any atom is 0.339 e. The highest BCUT2D eigenvalue weighted by molar-refractivity contribution is 6.31. The number of halogens is 1. The Morgan fingerprint density at radius 1 is 1.07 bits per heavy atom. The van der Waals surface area contributed by atoms with Crippen molar-refractivity contribution in [2.24, 2.45) is 0 Å². The molecular weight excluding hydrogens is 416 g/mol. The largest absolute Gasteiger partial charge is 0.496 e. The van der Waals surface area contributed by atoms with Gasteiger partial charge in [0.2, 0.25) is 0 Å². The topological polar surface area (TPSA) is 117 Å². The summed E-state index contributed by atoms with van der Waals surface area (Å²) in [6.07, 6.45) is 0. The van der Waals surface area contributed by atoms with Crippen LogP contribution in [-0.2, 0) is 19.7 Å². The second kappa shape index (κ2) is 9.00. The third-order valence-corrected chi connectivity index (χ3v) is 4.77. The van der Waals surface area contributed by atoms with E-state index in [0.717, 1.165) is 0 Å². The Bertz CT molecular complexity index is 1000. The molecule has 0 aliphatic carbocycles. The highest BCUT2D eigenvalue weighted by Gasteiger charge is 2.36. The van der Waals surface area contributed by atoms with Crippen molar-refractivity contribution in [2.75, 3.05) is 26.6 Å². The Morgan fingerprint density at radius 3 is 2.27 bits per heavy atom. The standard InChI is InChI=1S/C20H21ClN2O7/c1-20(2,19(25)30-5)13-9-15(16(23(26)27)10-17(13)28-3)22-14-8-11(21)6-7-12(14)18(24)29-4/h6-10,22H,1-5H3. The van der Waals surface area contributed by atoms with Crippen LogP contribution >= 0.6 is 11.6 Å². The smallest absolute Gasteiger partial charge is 0.339 e. The number of carbonyl (C=O) groups excluding carboxylic acids is 2. The number of methoxy groups -OCH3 is 3. The number of esters is 2. The van der Waals surface area contributed by atoms with E-state index in [-0.39, 0.29) is 28.4 Å². The predicted octanol–water partition coefficient (Wildman–Crippen LogP) is 4.24. The summed E-state index contributed by atoms with van der Waals surface area (Å²) in [7, 11) is 3.80. The maximum absolute atomic E-state index is 12.3. The quantitative estimate of drug-likeness (QED) is 0.389. The van der Waals surface area contributed by atoms with Crippen LogP contribution < -0.4 is 10.1 Å². The molecule has 1 N–H and O–H groups in total. The zero-order valence-electron chi connectivity index (χ0n) is 17.1. The van der Waals surface area contributed by atoms with Gasteiger partial charge in [-0.3, -0.25) is 14.9 Å². The second-order valence-electron chi connectivity index (χ2n) is 6.75. The SMILES string of the molecule is COC(=O)c1ccc(Cl)cc1Nc1cc(C(C)(C)C(=O)OC)c(OC)cc1[N+](=O)[O-]. The zero-order valence-corrected chi connectivity index (χ0v) is 17.8. The van der Waals surface area contributed by atoms with Crippen molar-refractivity contribution in [2.45, 2.75) is 19.3 Å². The first-order chi connectivity index (χ1) is 14.1. The molecule has 0 saturated heterocycles. The first kappa shape index (κ1) is 23.0. The van der Waals surface area contributed by atoms with Gasteiger partial charge in [-0.15, -0.1) is 0 Å². The first-order valence-corrected chi connectivity index (χ1v) is 9.04. The molecular formula is C20H21ClN2O7. The Morgan fingerprint density at radius 2 is 1.73 bits per heavy atom. The third-order valence-electron chi connectivity index (χ3n) is 4.54. The van der Waals surface area contributed by atoms with Gasteiger partial charge in [-0.1, -0.05) is 11.6 Å². The summed E-state index contributed by atoms with van der Waals surface area (Å²) in [5.74, 6) is -1.07. The molecule has 0 amide bonds. The Labute approximate surface area is 178 Å². The van der Waals surface area contributed by atoms with E-state index in [2.05, 4.69) is 5.32 Å². The van der Waals surface area contributed by atoms with Gasteiger partial charge in [0.1, 0.15) is 11.4 Å². The van der Waals surface area contributed by atoms with Gasteiger partial charge in [0.05, 0.1) is 49.0 Å². The molecule has 0 aliphatic rings. The lowest BCUT2D eigenvalue weighted by atomic mass is 9.83. The van der Waals surface area contributed by atoms with E-state index in [0.29, 0.717) is 10.6 Å². The van der Waals surface area contributed by atoms with Crippen molar-refractivity contribution in [3.05, 3.63) is 56.6 Å². The molecule has 0 unspecified atom stereocenters. The highest BCUT2D eigenvalue weighted by Crippen LogP contribution is 2.41. The molecule has 0 bridgehead atoms. The van der Waals surface area contributed by atoms with E-state index in [1.165, 1.54) is 51.7 Å². The maximum atomic E-state index is 12.3. The minimum absolute atomic E-state index is 0.0280. The summed E-state index contributed by atoms with van der Waals surface area (Å²) in [5.41, 5.74) is -0.797. The van der Waals surface area contributed by atoms with Crippen molar-refractivity contribution < 1.29 is 28.7 Å². The molecule has 0 aliphatic heterocycles. The van der Waals surface area contributed by atoms with E-state index in [1.54, 1.807) is 13.8 Å². The van der Waals surface area contributed by atoms with Gasteiger partial charge in [-0.2, -0.15) is 0 Å². The fourth-order valence-electron chi connectivity index (χ4n) is 2.90. The van der Waals surface area contributed by atoms with E-state index in [1.807, 2.05) is 0 Å². The van der Waals surface area contributed by atoms with Crippen molar-refractivity contribution in [3.8, 4) is 5.75 Å². The fourth-order valence-corrected chi connectivity index (χ4v) is 3.07. The van der Waals surface area contributed by atoms with Gasteiger partial charge in [0.15, 0.2) is 0 Å². The van der Waals surface area contributed by atoms with Crippen LogP contribution in [-0.4, -0.2) is 38.2 Å². The number of hydrogen-bond acceptors (Lipinski definition) is 8. The molecule has 160 valence electrons. The highest BCUT2D eigenvalue weighted by atomic mass is 35.5. The van der Waals surface area contributed by atoms with Crippen LogP contribution in [0.1, 0.15) is 29.8 Å². The number of nitro groups is 1. The minimum atomic E-state index is -1.18. The van der Waals surface area contributed by atoms with Gasteiger partial charge in [0, 0.05) is 10.6 Å². The van der Waals surface area contributed by atoms with E-state index < -0.39 is 22.3 Å². The second-order valence-corrected chi connectivity index (χ2v) is 7.19. The van der Waals surface area contributed by atoms with Crippen LogP contribution in [0.2, 0.25) is 5.02 Å². The molecule has 0 aromatic heterocycles. The van der Waals surface area contributed by atoms with Crippen molar-refractivity contribution in [1.82, 2.24) is 0 Å². The lowest BCUT2D eigenvalue weighted by Gasteiger charge is -2.25. The van der Waals surface area contributed by atoms with Gasteiger partial charge >= 0.3 is 11.9 Å². The average molecular weight is 437 g/mol. The number of nitrogens with zero attached hydrogens (tertiary/aromatic N) is 1. The zero-order chi connectivity index (χ0) is 22.6. The molecule has 2 aromatic carbocycles. The number of anilines is 2. The van der Waals surface area contributed by atoms with Crippen LogP contribution in [0.15, 0.2) is 30.3 Å². The summed E-state index contributed by atoms with van der Waals surface area (Å²) < 4.78 is 14.9. The molecule has 0 heterocycles. The lowest BCUT2D eigenvalue weighted by molar-refractivity contribution is -0.384. The van der Waals surface area contributed by atoms with Gasteiger partial charge < -0.3 is 19.5 Å². The molecule has 30 heavy (non-hydrogen) atoms. The number of benzene rings is 2. The van der Waals surface area contributed by atoms with Gasteiger partial charge in [-0.05, 0) is 38.1 Å². The summed E-state index contributed by atoms with van der Waals surface area (Å²) >= 11 is 6.04. The molecule has 0 saturated carbocycles. The summed E-state index contributed by atoms with van der Waals surface area (Å²) in [5, 5.41) is 14.8. The minimum Gasteiger partial charge on any atom is -0.496 e. The molecule has 0 spiro atoms. The van der Waals surface area contributed by atoms with Crippen molar-refractivity contribution in [3.63, 3.8) is 0 Å². The van der Waals surface area contributed by atoms with E-state index in [9.17, 15) is 19.7 Å². The first-order valence-electron chi connectivity index (χ1n) is 8.67. The fraction of sp³-hybridized carbons (Fsp3) is 0.300. The monoisotopic (exact) mass is 436 g/mol. The molecule has 0 atom stereocenters. The Balaban J connectivity index is 2.73. The number of carbonyl (C=O) groups is 2. The molecule has 0 fully saturated rings. The molecule has 10 heteroatoms. The third kappa shape index (κ3) is 4.46. The van der Waals surface area contributed by atoms with Crippen molar-refractivity contribution in [1.29, 1.82) is 0 Å². The van der Waals surface area contributed by atoms with Crippen LogP contribution in [0.4, 0.5) is 17.1 Å². The predicted molar refractivity (Wildman–Crippen MR) is 111 cm³/mol. The molecule has 2 rings (SSSR count). The average Bonchev–Trinajstić information content (AvgIpc) is 2.72. The van der Waals surface area contributed by atoms with Gasteiger partial charge in [0.25, 0.3) is 5.69 Å². The van der Waals surface area contributed by atoms with Crippen LogP contribution in [0.5, 0.6) is 5.75 Å². The normalized spacial score (nSPS) is 10.9. The van der Waals surface area contributed by atoms with Crippen LogP contribution in [0.25, 0.3) is 0 Å². The number of nitro benzene ring substituents is 1. The van der Waals surface area contributed by atoms with E-state index >= 15 is 0 Å².